The van der Waals surface area contributed by atoms with Crippen molar-refractivity contribution in [3.05, 3.63) is 60.2 Å². The first-order chi connectivity index (χ1) is 13.0. The molecule has 0 N–H and O–H groups in total. The first-order valence-corrected chi connectivity index (χ1v) is 10.4. The minimum absolute atomic E-state index is 0.0149. The zero-order chi connectivity index (χ0) is 19.3. The van der Waals surface area contributed by atoms with Crippen molar-refractivity contribution in [2.75, 3.05) is 32.8 Å². The van der Waals surface area contributed by atoms with Gasteiger partial charge in [0.1, 0.15) is 5.75 Å². The van der Waals surface area contributed by atoms with Crippen molar-refractivity contribution in [2.45, 2.75) is 18.2 Å². The largest absolute Gasteiger partial charge is 0.493 e. The Morgan fingerprint density at radius 2 is 1.59 bits per heavy atom. The number of benzene rings is 2. The van der Waals surface area contributed by atoms with E-state index in [1.165, 1.54) is 4.31 Å². The lowest BCUT2D eigenvalue weighted by Crippen LogP contribution is -2.50. The number of aryl methyl sites for hydroxylation is 1. The predicted molar refractivity (Wildman–Crippen MR) is 103 cm³/mol. The van der Waals surface area contributed by atoms with Gasteiger partial charge in [0.2, 0.25) is 15.9 Å². The van der Waals surface area contributed by atoms with Gasteiger partial charge in [-0.1, -0.05) is 35.9 Å². The van der Waals surface area contributed by atoms with Gasteiger partial charge in [-0.25, -0.2) is 8.42 Å². The Balaban J connectivity index is 1.47. The molecule has 7 heteroatoms. The van der Waals surface area contributed by atoms with Crippen LogP contribution in [-0.4, -0.2) is 56.3 Å². The smallest absolute Gasteiger partial charge is 0.243 e. The maximum absolute atomic E-state index is 12.6. The van der Waals surface area contributed by atoms with Crippen LogP contribution in [0.4, 0.5) is 0 Å². The highest BCUT2D eigenvalue weighted by atomic mass is 32.2. The van der Waals surface area contributed by atoms with Gasteiger partial charge < -0.3 is 9.64 Å². The zero-order valence-electron chi connectivity index (χ0n) is 15.4. The molecule has 0 aliphatic carbocycles. The molecule has 1 saturated heterocycles. The molecule has 1 amide bonds. The second kappa shape index (κ2) is 8.54. The van der Waals surface area contributed by atoms with E-state index in [0.29, 0.717) is 32.8 Å². The van der Waals surface area contributed by atoms with Crippen LogP contribution in [-0.2, 0) is 14.8 Å². The lowest BCUT2D eigenvalue weighted by atomic mass is 10.2. The summed E-state index contributed by atoms with van der Waals surface area (Å²) in [5.41, 5.74) is 1.15. The average Bonchev–Trinajstić information content (AvgIpc) is 2.70. The molecule has 3 rings (SSSR count). The number of carbonyl (C=O) groups is 1. The number of rotatable bonds is 6. The minimum atomic E-state index is -3.50. The van der Waals surface area contributed by atoms with Gasteiger partial charge in [-0.05, 0) is 31.2 Å². The number of amides is 1. The van der Waals surface area contributed by atoms with Crippen LogP contribution in [0.25, 0.3) is 0 Å². The molecule has 2 aromatic carbocycles. The highest BCUT2D eigenvalue weighted by molar-refractivity contribution is 7.89. The van der Waals surface area contributed by atoms with Gasteiger partial charge in [-0.3, -0.25) is 4.79 Å². The van der Waals surface area contributed by atoms with Crippen LogP contribution in [0, 0.1) is 6.92 Å². The molecule has 2 aromatic rings. The molecule has 0 spiro atoms. The highest BCUT2D eigenvalue weighted by Crippen LogP contribution is 2.17. The second-order valence-corrected chi connectivity index (χ2v) is 8.45. The summed E-state index contributed by atoms with van der Waals surface area (Å²) in [4.78, 5) is 14.3. The third-order valence-electron chi connectivity index (χ3n) is 4.58. The molecule has 27 heavy (non-hydrogen) atoms. The van der Waals surface area contributed by atoms with Gasteiger partial charge in [-0.2, -0.15) is 4.31 Å². The maximum Gasteiger partial charge on any atom is 0.243 e. The summed E-state index contributed by atoms with van der Waals surface area (Å²) in [5.74, 6) is 0.728. The van der Waals surface area contributed by atoms with E-state index in [-0.39, 0.29) is 17.2 Å². The SMILES string of the molecule is Cc1ccc(OCCC(=O)N2CCN(S(=O)(=O)c3ccccc3)CC2)cc1. The number of sulfonamides is 1. The van der Waals surface area contributed by atoms with Gasteiger partial charge in [0.15, 0.2) is 0 Å². The summed E-state index contributed by atoms with van der Waals surface area (Å²) < 4.78 is 32.3. The quantitative estimate of drug-likeness (QED) is 0.762. The summed E-state index contributed by atoms with van der Waals surface area (Å²) in [7, 11) is -3.50. The van der Waals surface area contributed by atoms with E-state index < -0.39 is 10.0 Å². The summed E-state index contributed by atoms with van der Waals surface area (Å²) >= 11 is 0. The number of hydrogen-bond acceptors (Lipinski definition) is 4. The van der Waals surface area contributed by atoms with E-state index in [2.05, 4.69) is 0 Å². The average molecular weight is 388 g/mol. The molecular weight excluding hydrogens is 364 g/mol. The second-order valence-electron chi connectivity index (χ2n) is 6.51. The third kappa shape index (κ3) is 4.87. The number of ether oxygens (including phenoxy) is 1. The molecule has 144 valence electrons. The van der Waals surface area contributed by atoms with Crippen LogP contribution in [0.5, 0.6) is 5.75 Å². The van der Waals surface area contributed by atoms with Crippen LogP contribution in [0.1, 0.15) is 12.0 Å². The molecule has 0 unspecified atom stereocenters. The zero-order valence-corrected chi connectivity index (χ0v) is 16.2. The fraction of sp³-hybridized carbons (Fsp3) is 0.350. The minimum Gasteiger partial charge on any atom is -0.493 e. The Bertz CT molecular complexity index is 859. The van der Waals surface area contributed by atoms with Crippen LogP contribution >= 0.6 is 0 Å². The molecule has 1 heterocycles. The van der Waals surface area contributed by atoms with Crippen molar-refractivity contribution in [1.29, 1.82) is 0 Å². The topological polar surface area (TPSA) is 66.9 Å². The van der Waals surface area contributed by atoms with E-state index >= 15 is 0 Å². The summed E-state index contributed by atoms with van der Waals surface area (Å²) in [5, 5.41) is 0. The molecule has 1 aliphatic heterocycles. The molecule has 1 aliphatic rings. The van der Waals surface area contributed by atoms with Gasteiger partial charge in [0.25, 0.3) is 0 Å². The van der Waals surface area contributed by atoms with Crippen molar-refractivity contribution in [3.63, 3.8) is 0 Å². The van der Waals surface area contributed by atoms with Crippen molar-refractivity contribution < 1.29 is 17.9 Å². The fourth-order valence-electron chi connectivity index (χ4n) is 2.97. The van der Waals surface area contributed by atoms with E-state index in [9.17, 15) is 13.2 Å². The fourth-order valence-corrected chi connectivity index (χ4v) is 4.41. The molecule has 0 aromatic heterocycles. The Morgan fingerprint density at radius 3 is 2.22 bits per heavy atom. The molecule has 0 atom stereocenters. The first kappa shape index (κ1) is 19.4. The monoisotopic (exact) mass is 388 g/mol. The van der Waals surface area contributed by atoms with E-state index in [1.54, 1.807) is 35.2 Å². The summed E-state index contributed by atoms with van der Waals surface area (Å²) in [6.07, 6.45) is 0.277. The number of carbonyl (C=O) groups excluding carboxylic acids is 1. The standard InChI is InChI=1S/C20H24N2O4S/c1-17-7-9-18(10-8-17)26-16-11-20(23)21-12-14-22(15-13-21)27(24,25)19-5-3-2-4-6-19/h2-10H,11-16H2,1H3. The molecular formula is C20H24N2O4S. The normalized spacial score (nSPS) is 15.5. The molecule has 6 nitrogen and oxygen atoms in total. The number of nitrogens with zero attached hydrogens (tertiary/aromatic N) is 2. The molecule has 0 bridgehead atoms. The summed E-state index contributed by atoms with van der Waals surface area (Å²) in [6, 6.07) is 16.1. The van der Waals surface area contributed by atoms with Crippen molar-refractivity contribution in [1.82, 2.24) is 9.21 Å². The van der Waals surface area contributed by atoms with Crippen molar-refractivity contribution in [3.8, 4) is 5.75 Å². The van der Waals surface area contributed by atoms with E-state index in [4.69, 9.17) is 4.74 Å². The van der Waals surface area contributed by atoms with E-state index in [1.807, 2.05) is 31.2 Å². The lowest BCUT2D eigenvalue weighted by molar-refractivity contribution is -0.132. The highest BCUT2D eigenvalue weighted by Gasteiger charge is 2.29. The molecule has 1 fully saturated rings. The van der Waals surface area contributed by atoms with Crippen LogP contribution in [0.15, 0.2) is 59.5 Å². The van der Waals surface area contributed by atoms with Crippen molar-refractivity contribution in [2.24, 2.45) is 0 Å². The molecule has 0 saturated carbocycles. The van der Waals surface area contributed by atoms with E-state index in [0.717, 1.165) is 11.3 Å². The maximum atomic E-state index is 12.6. The Kier molecular flexibility index (Phi) is 6.13. The number of hydrogen-bond donors (Lipinski definition) is 0. The number of piperazine rings is 1. The van der Waals surface area contributed by atoms with Gasteiger partial charge in [0, 0.05) is 26.2 Å². The Hall–Kier alpha value is -2.38. The van der Waals surface area contributed by atoms with Gasteiger partial charge in [0.05, 0.1) is 17.9 Å². The Morgan fingerprint density at radius 1 is 0.963 bits per heavy atom. The van der Waals surface area contributed by atoms with Gasteiger partial charge in [-0.15, -0.1) is 0 Å². The van der Waals surface area contributed by atoms with Crippen LogP contribution in [0.2, 0.25) is 0 Å². The summed E-state index contributed by atoms with van der Waals surface area (Å²) in [6.45, 7) is 3.73. The third-order valence-corrected chi connectivity index (χ3v) is 6.49. The Labute approximate surface area is 160 Å². The van der Waals surface area contributed by atoms with Crippen molar-refractivity contribution >= 4 is 15.9 Å². The lowest BCUT2D eigenvalue weighted by Gasteiger charge is -2.34. The predicted octanol–water partition coefficient (Wildman–Crippen LogP) is 2.30. The van der Waals surface area contributed by atoms with Gasteiger partial charge >= 0.3 is 0 Å². The first-order valence-electron chi connectivity index (χ1n) is 8.99. The van der Waals surface area contributed by atoms with Crippen LogP contribution < -0.4 is 4.74 Å². The molecule has 0 radical (unpaired) electrons. The van der Waals surface area contributed by atoms with Crippen LogP contribution in [0.3, 0.4) is 0 Å².